The molecule has 2 nitrogen and oxygen atoms in total. The van der Waals surface area contributed by atoms with Crippen molar-refractivity contribution in [1.82, 2.24) is 0 Å². The summed E-state index contributed by atoms with van der Waals surface area (Å²) in [7, 11) is 3.34. The zero-order valence-electron chi connectivity index (χ0n) is 10.6. The first kappa shape index (κ1) is 16.8. The third-order valence-corrected chi connectivity index (χ3v) is 5.91. The van der Waals surface area contributed by atoms with E-state index in [0.29, 0.717) is 0 Å². The van der Waals surface area contributed by atoms with Gasteiger partial charge in [0, 0.05) is 18.3 Å². The van der Waals surface area contributed by atoms with Crippen molar-refractivity contribution in [2.45, 2.75) is 0 Å². The summed E-state index contributed by atoms with van der Waals surface area (Å²) in [5.74, 6) is 1.63. The second-order valence-corrected chi connectivity index (χ2v) is 7.88. The maximum Gasteiger partial charge on any atom is 0.147 e. The van der Waals surface area contributed by atoms with Gasteiger partial charge in [-0.3, -0.25) is 0 Å². The van der Waals surface area contributed by atoms with E-state index in [1.54, 1.807) is 14.2 Å². The number of hydrogen-bond acceptors (Lipinski definition) is 2. The lowest BCUT2D eigenvalue weighted by molar-refractivity contribution is 0.409. The number of hydrogen-bond donors (Lipinski definition) is 0. The number of methoxy groups -OCH3 is 2. The summed E-state index contributed by atoms with van der Waals surface area (Å²) in [6.45, 7) is 0. The Balaban J connectivity index is 2.75. The van der Waals surface area contributed by atoms with Crippen molar-refractivity contribution in [3.8, 4) is 22.6 Å². The predicted molar refractivity (Wildman–Crippen MR) is 106 cm³/mol. The molecule has 0 radical (unpaired) electrons. The molecular formula is C14H10Br2I2O2. The predicted octanol–water partition coefficient (Wildman–Crippen LogP) is 6.11. The highest BCUT2D eigenvalue weighted by Crippen LogP contribution is 2.45. The number of rotatable bonds is 3. The van der Waals surface area contributed by atoms with Crippen molar-refractivity contribution in [3.63, 3.8) is 0 Å². The van der Waals surface area contributed by atoms with E-state index in [-0.39, 0.29) is 0 Å². The van der Waals surface area contributed by atoms with Gasteiger partial charge >= 0.3 is 0 Å². The molecule has 0 spiro atoms. The first-order chi connectivity index (χ1) is 9.49. The third-order valence-electron chi connectivity index (χ3n) is 2.78. The van der Waals surface area contributed by atoms with Crippen LogP contribution in [0.4, 0.5) is 0 Å². The Kier molecular flexibility index (Phi) is 6.01. The maximum atomic E-state index is 5.46. The molecule has 0 saturated heterocycles. The number of ether oxygens (including phenoxy) is 2. The fourth-order valence-corrected chi connectivity index (χ4v) is 5.76. The Morgan fingerprint density at radius 3 is 2.25 bits per heavy atom. The lowest BCUT2D eigenvalue weighted by Gasteiger charge is -2.15. The molecule has 0 atom stereocenters. The van der Waals surface area contributed by atoms with Crippen molar-refractivity contribution in [2.24, 2.45) is 0 Å². The minimum atomic E-state index is 0.791. The van der Waals surface area contributed by atoms with Crippen molar-refractivity contribution >= 4 is 77.0 Å². The van der Waals surface area contributed by atoms with E-state index in [0.717, 1.165) is 38.7 Å². The highest BCUT2D eigenvalue weighted by molar-refractivity contribution is 14.1. The van der Waals surface area contributed by atoms with Gasteiger partial charge in [0.25, 0.3) is 0 Å². The van der Waals surface area contributed by atoms with Crippen LogP contribution in [0.3, 0.4) is 0 Å². The van der Waals surface area contributed by atoms with E-state index in [2.05, 4.69) is 83.1 Å². The van der Waals surface area contributed by atoms with E-state index in [1.807, 2.05) is 18.2 Å². The van der Waals surface area contributed by atoms with Crippen molar-refractivity contribution < 1.29 is 9.47 Å². The first-order valence-corrected chi connectivity index (χ1v) is 9.29. The molecule has 0 aromatic heterocycles. The van der Waals surface area contributed by atoms with Crippen molar-refractivity contribution in [2.75, 3.05) is 14.2 Å². The maximum absolute atomic E-state index is 5.46. The first-order valence-electron chi connectivity index (χ1n) is 5.55. The quantitative estimate of drug-likeness (QED) is 0.385. The van der Waals surface area contributed by atoms with Gasteiger partial charge in [0.15, 0.2) is 0 Å². The molecule has 0 aliphatic heterocycles. The normalized spacial score (nSPS) is 10.5. The van der Waals surface area contributed by atoms with E-state index in [9.17, 15) is 0 Å². The molecule has 0 fully saturated rings. The van der Waals surface area contributed by atoms with Gasteiger partial charge in [-0.25, -0.2) is 0 Å². The van der Waals surface area contributed by atoms with Gasteiger partial charge in [0.1, 0.15) is 11.5 Å². The van der Waals surface area contributed by atoms with Crippen LogP contribution in [0.2, 0.25) is 0 Å². The van der Waals surface area contributed by atoms with Gasteiger partial charge in [-0.2, -0.15) is 0 Å². The molecule has 20 heavy (non-hydrogen) atoms. The van der Waals surface area contributed by atoms with Crippen LogP contribution in [-0.2, 0) is 0 Å². The smallest absolute Gasteiger partial charge is 0.147 e. The summed E-state index contributed by atoms with van der Waals surface area (Å²) in [4.78, 5) is 0. The monoisotopic (exact) mass is 622 g/mol. The Morgan fingerprint density at radius 1 is 0.950 bits per heavy atom. The van der Waals surface area contributed by atoms with Crippen molar-refractivity contribution in [3.05, 3.63) is 40.4 Å². The van der Waals surface area contributed by atoms with E-state index in [1.165, 1.54) is 0 Å². The van der Waals surface area contributed by atoms with Crippen LogP contribution in [0, 0.1) is 7.14 Å². The highest BCUT2D eigenvalue weighted by Gasteiger charge is 2.18. The molecule has 2 aromatic rings. The Morgan fingerprint density at radius 2 is 1.65 bits per heavy atom. The zero-order chi connectivity index (χ0) is 14.9. The van der Waals surface area contributed by atoms with Crippen LogP contribution < -0.4 is 9.47 Å². The van der Waals surface area contributed by atoms with Crippen LogP contribution in [0.5, 0.6) is 11.5 Å². The Bertz CT molecular complexity index is 660. The second kappa shape index (κ2) is 7.15. The number of halogens is 4. The molecule has 0 aliphatic rings. The van der Waals surface area contributed by atoms with Gasteiger partial charge in [-0.15, -0.1) is 0 Å². The lowest BCUT2D eigenvalue weighted by Crippen LogP contribution is -1.95. The fourth-order valence-electron chi connectivity index (χ4n) is 1.83. The summed E-state index contributed by atoms with van der Waals surface area (Å²) in [6.07, 6.45) is 0. The lowest BCUT2D eigenvalue weighted by atomic mass is 10.1. The summed E-state index contributed by atoms with van der Waals surface area (Å²) < 4.78 is 14.9. The largest absolute Gasteiger partial charge is 0.497 e. The van der Waals surface area contributed by atoms with Gasteiger partial charge in [-0.05, 0) is 101 Å². The molecule has 106 valence electrons. The Hall–Kier alpha value is 0.460. The van der Waals surface area contributed by atoms with Crippen LogP contribution in [0.25, 0.3) is 11.1 Å². The average Bonchev–Trinajstić information content (AvgIpc) is 2.40. The molecule has 0 N–H and O–H groups in total. The van der Waals surface area contributed by atoms with E-state index < -0.39 is 0 Å². The van der Waals surface area contributed by atoms with Gasteiger partial charge in [0.05, 0.1) is 23.2 Å². The fraction of sp³-hybridized carbons (Fsp3) is 0.143. The van der Waals surface area contributed by atoms with Crippen LogP contribution in [-0.4, -0.2) is 14.2 Å². The molecule has 0 saturated carbocycles. The summed E-state index contributed by atoms with van der Waals surface area (Å²) >= 11 is 11.8. The van der Waals surface area contributed by atoms with Gasteiger partial charge in [0.2, 0.25) is 0 Å². The molecule has 0 bridgehead atoms. The minimum absolute atomic E-state index is 0.791. The molecular weight excluding hydrogens is 614 g/mol. The molecule has 2 aromatic carbocycles. The minimum Gasteiger partial charge on any atom is -0.497 e. The number of benzene rings is 2. The topological polar surface area (TPSA) is 18.5 Å². The van der Waals surface area contributed by atoms with Crippen LogP contribution in [0.1, 0.15) is 0 Å². The van der Waals surface area contributed by atoms with E-state index >= 15 is 0 Å². The standard InChI is InChI=1S/C14H10Br2I2O2/c1-19-7-3-4-10(17)8(5-7)12-11(18)6-9(15)14(20-2)13(12)16/h3-6H,1-2H3. The van der Waals surface area contributed by atoms with Crippen LogP contribution in [0.15, 0.2) is 33.2 Å². The molecule has 2 rings (SSSR count). The zero-order valence-corrected chi connectivity index (χ0v) is 18.1. The van der Waals surface area contributed by atoms with E-state index in [4.69, 9.17) is 9.47 Å². The Labute approximate surface area is 162 Å². The summed E-state index contributed by atoms with van der Waals surface area (Å²) in [5.41, 5.74) is 2.22. The summed E-state index contributed by atoms with van der Waals surface area (Å²) in [6, 6.07) is 8.10. The molecule has 0 aliphatic carbocycles. The molecule has 0 unspecified atom stereocenters. The van der Waals surface area contributed by atoms with Crippen LogP contribution >= 0.6 is 77.0 Å². The second-order valence-electron chi connectivity index (χ2n) is 3.91. The molecule has 0 amide bonds. The van der Waals surface area contributed by atoms with Gasteiger partial charge < -0.3 is 9.47 Å². The SMILES string of the molecule is COc1ccc(I)c(-c2c(I)cc(Br)c(OC)c2Br)c1. The summed E-state index contributed by atoms with van der Waals surface area (Å²) in [5, 5.41) is 0. The highest BCUT2D eigenvalue weighted by atomic mass is 127. The van der Waals surface area contributed by atoms with Crippen molar-refractivity contribution in [1.29, 1.82) is 0 Å². The third kappa shape index (κ3) is 3.27. The average molecular weight is 624 g/mol. The molecule has 0 heterocycles. The van der Waals surface area contributed by atoms with Gasteiger partial charge in [-0.1, -0.05) is 0 Å². The molecule has 6 heteroatoms.